The van der Waals surface area contributed by atoms with Gasteiger partial charge in [-0.3, -0.25) is 0 Å². The number of aromatic nitrogens is 1. The lowest BCUT2D eigenvalue weighted by Crippen LogP contribution is -2.11. The average molecular weight is 713 g/mol. The summed E-state index contributed by atoms with van der Waals surface area (Å²) in [5.41, 5.74) is 11.6. The molecule has 0 atom stereocenters. The Morgan fingerprint density at radius 3 is 1.62 bits per heavy atom. The van der Waals surface area contributed by atoms with Gasteiger partial charge in [0.1, 0.15) is 0 Å². The molecule has 1 heterocycles. The smallest absolute Gasteiger partial charge is 0.0541 e. The predicted octanol–water partition coefficient (Wildman–Crippen LogP) is 15.0. The lowest BCUT2D eigenvalue weighted by Gasteiger charge is -2.29. The van der Waals surface area contributed by atoms with Gasteiger partial charge < -0.3 is 9.47 Å². The third-order valence-electron chi connectivity index (χ3n) is 11.3. The molecular formula is C54H36N2. The molecule has 56 heavy (non-hydrogen) atoms. The second-order valence-electron chi connectivity index (χ2n) is 14.6. The van der Waals surface area contributed by atoms with Crippen molar-refractivity contribution in [3.8, 4) is 27.9 Å². The minimum Gasteiger partial charge on any atom is -0.310 e. The molecule has 0 spiro atoms. The lowest BCUT2D eigenvalue weighted by molar-refractivity contribution is 1.17. The van der Waals surface area contributed by atoms with Gasteiger partial charge in [0.15, 0.2) is 0 Å². The molecule has 0 saturated heterocycles. The van der Waals surface area contributed by atoms with E-state index in [1.165, 1.54) is 76.4 Å². The van der Waals surface area contributed by atoms with Crippen molar-refractivity contribution in [2.45, 2.75) is 0 Å². The number of hydrogen-bond donors (Lipinski definition) is 0. The van der Waals surface area contributed by atoms with Crippen LogP contribution in [0.1, 0.15) is 0 Å². The number of fused-ring (bicyclic) bond motifs is 7. The monoisotopic (exact) mass is 712 g/mol. The zero-order valence-corrected chi connectivity index (χ0v) is 30.7. The summed E-state index contributed by atoms with van der Waals surface area (Å²) in [5.74, 6) is 0. The fourth-order valence-electron chi connectivity index (χ4n) is 8.65. The van der Waals surface area contributed by atoms with Gasteiger partial charge in [-0.05, 0) is 116 Å². The van der Waals surface area contributed by atoms with E-state index in [-0.39, 0.29) is 0 Å². The van der Waals surface area contributed by atoms with Crippen LogP contribution in [0.15, 0.2) is 218 Å². The lowest BCUT2D eigenvalue weighted by atomic mass is 9.95. The average Bonchev–Trinajstić information content (AvgIpc) is 3.61. The number of hydrogen-bond acceptors (Lipinski definition) is 1. The third-order valence-corrected chi connectivity index (χ3v) is 11.3. The third kappa shape index (κ3) is 5.34. The molecule has 10 aromatic carbocycles. The highest BCUT2D eigenvalue weighted by Gasteiger charge is 2.20. The normalized spacial score (nSPS) is 11.6. The van der Waals surface area contributed by atoms with Crippen molar-refractivity contribution in [2.75, 3.05) is 4.90 Å². The molecule has 0 fully saturated rings. The van der Waals surface area contributed by atoms with Crippen molar-refractivity contribution in [3.05, 3.63) is 218 Å². The molecule has 0 N–H and O–H groups in total. The second-order valence-corrected chi connectivity index (χ2v) is 14.6. The molecular weight excluding hydrogens is 677 g/mol. The topological polar surface area (TPSA) is 8.17 Å². The van der Waals surface area contributed by atoms with Crippen molar-refractivity contribution in [2.24, 2.45) is 0 Å². The summed E-state index contributed by atoms with van der Waals surface area (Å²) in [5, 5.41) is 9.99. The van der Waals surface area contributed by atoms with Gasteiger partial charge >= 0.3 is 0 Å². The van der Waals surface area contributed by atoms with Gasteiger partial charge in [0.05, 0.1) is 16.7 Å². The Balaban J connectivity index is 1.12. The van der Waals surface area contributed by atoms with Crippen LogP contribution < -0.4 is 4.90 Å². The predicted molar refractivity (Wildman–Crippen MR) is 239 cm³/mol. The van der Waals surface area contributed by atoms with E-state index >= 15 is 0 Å². The summed E-state index contributed by atoms with van der Waals surface area (Å²) < 4.78 is 2.38. The van der Waals surface area contributed by atoms with E-state index in [4.69, 9.17) is 0 Å². The second kappa shape index (κ2) is 13.2. The molecule has 2 nitrogen and oxygen atoms in total. The maximum Gasteiger partial charge on any atom is 0.0541 e. The van der Waals surface area contributed by atoms with E-state index in [0.717, 1.165) is 22.7 Å². The van der Waals surface area contributed by atoms with Gasteiger partial charge in [-0.15, -0.1) is 0 Å². The van der Waals surface area contributed by atoms with Crippen molar-refractivity contribution >= 4 is 71.2 Å². The fraction of sp³-hybridized carbons (Fsp3) is 0. The summed E-state index contributed by atoms with van der Waals surface area (Å²) in [6.45, 7) is 0. The van der Waals surface area contributed by atoms with E-state index in [1.807, 2.05) is 0 Å². The van der Waals surface area contributed by atoms with Crippen LogP contribution in [0.5, 0.6) is 0 Å². The summed E-state index contributed by atoms with van der Waals surface area (Å²) >= 11 is 0. The van der Waals surface area contributed by atoms with Gasteiger partial charge in [-0.1, -0.05) is 152 Å². The quantitative estimate of drug-likeness (QED) is 0.156. The van der Waals surface area contributed by atoms with Gasteiger partial charge in [0.25, 0.3) is 0 Å². The number of anilines is 3. The molecule has 0 amide bonds. The molecule has 1 aromatic heterocycles. The molecule has 0 aliphatic carbocycles. The van der Waals surface area contributed by atoms with Crippen molar-refractivity contribution in [1.82, 2.24) is 4.57 Å². The number of nitrogens with zero attached hydrogens (tertiary/aromatic N) is 2. The minimum absolute atomic E-state index is 1.09. The van der Waals surface area contributed by atoms with Crippen molar-refractivity contribution in [3.63, 3.8) is 0 Å². The zero-order chi connectivity index (χ0) is 37.0. The summed E-state index contributed by atoms with van der Waals surface area (Å²) in [4.78, 5) is 2.43. The van der Waals surface area contributed by atoms with Crippen LogP contribution in [0.25, 0.3) is 82.1 Å². The zero-order valence-electron chi connectivity index (χ0n) is 30.7. The van der Waals surface area contributed by atoms with Crippen LogP contribution in [0.4, 0.5) is 17.1 Å². The summed E-state index contributed by atoms with van der Waals surface area (Å²) in [6.07, 6.45) is 0. The van der Waals surface area contributed by atoms with E-state index in [9.17, 15) is 0 Å². The molecule has 0 bridgehead atoms. The Hall–Kier alpha value is -7.42. The number of benzene rings is 10. The standard InChI is InChI=1S/C54H36N2/c1-2-13-38(14-3-1)51-36-42(41-24-22-37-12-4-5-16-40(37)34-41)26-33-54(51)55(46-31-32-48-43(35-46)25-23-39-15-6-7-17-47(39)48)44-27-29-45(30-28-44)56-52-20-10-8-18-49(52)50-19-9-11-21-53(50)56/h1-36H. The van der Waals surface area contributed by atoms with Gasteiger partial charge in [0, 0.05) is 33.4 Å². The molecule has 262 valence electrons. The SMILES string of the molecule is c1ccc(-c2cc(-c3ccc4ccccc4c3)ccc2N(c2ccc(-n3c4ccccc4c4ccccc43)cc2)c2ccc3c(ccc4ccccc43)c2)cc1. The Morgan fingerprint density at radius 2 is 0.857 bits per heavy atom. The van der Waals surface area contributed by atoms with Gasteiger partial charge in [-0.25, -0.2) is 0 Å². The Labute approximate surface area is 325 Å². The Bertz CT molecular complexity index is 3190. The molecule has 0 radical (unpaired) electrons. The molecule has 0 aliphatic heterocycles. The fourth-order valence-corrected chi connectivity index (χ4v) is 8.65. The van der Waals surface area contributed by atoms with Crippen LogP contribution >= 0.6 is 0 Å². The molecule has 0 unspecified atom stereocenters. The Morgan fingerprint density at radius 1 is 0.304 bits per heavy atom. The van der Waals surface area contributed by atoms with Crippen molar-refractivity contribution in [1.29, 1.82) is 0 Å². The molecule has 0 saturated carbocycles. The molecule has 11 rings (SSSR count). The van der Waals surface area contributed by atoms with Gasteiger partial charge in [-0.2, -0.15) is 0 Å². The summed E-state index contributed by atoms with van der Waals surface area (Å²) in [7, 11) is 0. The molecule has 2 heteroatoms. The van der Waals surface area contributed by atoms with Crippen LogP contribution in [0.3, 0.4) is 0 Å². The highest BCUT2D eigenvalue weighted by Crippen LogP contribution is 2.44. The Kier molecular flexibility index (Phi) is 7.53. The van der Waals surface area contributed by atoms with E-state index in [0.29, 0.717) is 0 Å². The van der Waals surface area contributed by atoms with Crippen LogP contribution in [0.2, 0.25) is 0 Å². The maximum atomic E-state index is 2.43. The van der Waals surface area contributed by atoms with E-state index in [2.05, 4.69) is 228 Å². The van der Waals surface area contributed by atoms with Crippen LogP contribution in [0, 0.1) is 0 Å². The van der Waals surface area contributed by atoms with Crippen LogP contribution in [-0.2, 0) is 0 Å². The summed E-state index contributed by atoms with van der Waals surface area (Å²) in [6, 6.07) is 79.6. The van der Waals surface area contributed by atoms with Crippen LogP contribution in [-0.4, -0.2) is 4.57 Å². The van der Waals surface area contributed by atoms with Crippen molar-refractivity contribution < 1.29 is 0 Å². The first-order valence-electron chi connectivity index (χ1n) is 19.3. The maximum absolute atomic E-state index is 2.43. The number of rotatable bonds is 6. The minimum atomic E-state index is 1.09. The van der Waals surface area contributed by atoms with Gasteiger partial charge in [0.2, 0.25) is 0 Å². The molecule has 0 aliphatic rings. The van der Waals surface area contributed by atoms with E-state index in [1.54, 1.807) is 0 Å². The first-order chi connectivity index (χ1) is 27.8. The van der Waals surface area contributed by atoms with E-state index < -0.39 is 0 Å². The largest absolute Gasteiger partial charge is 0.310 e. The number of para-hydroxylation sites is 2. The first-order valence-corrected chi connectivity index (χ1v) is 19.3. The molecule has 11 aromatic rings. The first kappa shape index (κ1) is 32.0. The highest BCUT2D eigenvalue weighted by molar-refractivity contribution is 6.10. The highest BCUT2D eigenvalue weighted by atomic mass is 15.1.